The van der Waals surface area contributed by atoms with Crippen LogP contribution in [-0.4, -0.2) is 39.4 Å². The molecular weight excluding hydrogens is 272 g/mol. The van der Waals surface area contributed by atoms with Crippen molar-refractivity contribution in [3.05, 3.63) is 24.2 Å². The lowest BCUT2D eigenvalue weighted by Gasteiger charge is -2.03. The minimum Gasteiger partial charge on any atom is -0.465 e. The van der Waals surface area contributed by atoms with Crippen LogP contribution in [0.2, 0.25) is 0 Å². The van der Waals surface area contributed by atoms with Gasteiger partial charge in [-0.1, -0.05) is 0 Å². The first kappa shape index (κ1) is 13.3. The molecule has 0 radical (unpaired) electrons. The maximum absolute atomic E-state index is 11.9. The van der Waals surface area contributed by atoms with Crippen LogP contribution < -0.4 is 11.1 Å². The first-order chi connectivity index (χ1) is 10.2. The molecule has 3 rings (SSSR count). The van der Waals surface area contributed by atoms with E-state index in [0.717, 1.165) is 6.54 Å². The molecule has 3 N–H and O–H groups in total. The summed E-state index contributed by atoms with van der Waals surface area (Å²) in [6, 6.07) is 0. The summed E-state index contributed by atoms with van der Waals surface area (Å²) in [5.41, 5.74) is 6.25. The monoisotopic (exact) mass is 288 g/mol. The molecule has 2 aromatic heterocycles. The van der Waals surface area contributed by atoms with Crippen molar-refractivity contribution in [3.63, 3.8) is 0 Å². The summed E-state index contributed by atoms with van der Waals surface area (Å²) in [6.45, 7) is 0.765. The fourth-order valence-electron chi connectivity index (χ4n) is 2.00. The van der Waals surface area contributed by atoms with Gasteiger partial charge in [-0.3, -0.25) is 4.98 Å². The zero-order valence-electron chi connectivity index (χ0n) is 11.6. The van der Waals surface area contributed by atoms with Gasteiger partial charge in [0.15, 0.2) is 11.6 Å². The quantitative estimate of drug-likeness (QED) is 0.785. The first-order valence-electron chi connectivity index (χ1n) is 6.67. The Morgan fingerprint density at radius 1 is 1.52 bits per heavy atom. The average Bonchev–Trinajstić information content (AvgIpc) is 3.28. The van der Waals surface area contributed by atoms with Crippen molar-refractivity contribution in [2.24, 2.45) is 5.92 Å². The normalized spacial score (nSPS) is 14.0. The number of rotatable bonds is 5. The van der Waals surface area contributed by atoms with Crippen molar-refractivity contribution in [1.29, 1.82) is 0 Å². The van der Waals surface area contributed by atoms with Crippen LogP contribution in [0.5, 0.6) is 0 Å². The molecule has 110 valence electrons. The molecule has 1 fully saturated rings. The van der Waals surface area contributed by atoms with Crippen LogP contribution in [0.15, 0.2) is 18.6 Å². The van der Waals surface area contributed by atoms with Gasteiger partial charge in [-0.15, -0.1) is 5.10 Å². The molecule has 1 saturated carbocycles. The highest BCUT2D eigenvalue weighted by atomic mass is 16.5. The number of aromatic nitrogens is 4. The molecule has 0 atom stereocenters. The van der Waals surface area contributed by atoms with Crippen LogP contribution in [0.1, 0.15) is 23.2 Å². The van der Waals surface area contributed by atoms with Crippen molar-refractivity contribution in [2.45, 2.75) is 12.8 Å². The lowest BCUT2D eigenvalue weighted by Crippen LogP contribution is -2.10. The summed E-state index contributed by atoms with van der Waals surface area (Å²) in [7, 11) is 1.31. The van der Waals surface area contributed by atoms with Crippen molar-refractivity contribution in [2.75, 3.05) is 24.7 Å². The second kappa shape index (κ2) is 5.39. The number of hydrogen-bond donors (Lipinski definition) is 2. The molecule has 1 aliphatic carbocycles. The van der Waals surface area contributed by atoms with Gasteiger partial charge in [0.25, 0.3) is 0 Å². The summed E-state index contributed by atoms with van der Waals surface area (Å²) in [6.07, 6.45) is 7.00. The number of ether oxygens (including phenoxy) is 1. The molecular formula is C13H16N6O2. The molecule has 0 amide bonds. The molecule has 0 unspecified atom stereocenters. The predicted octanol–water partition coefficient (Wildman–Crippen LogP) is 0.853. The minimum absolute atomic E-state index is 0.181. The topological polar surface area (TPSA) is 108 Å². The van der Waals surface area contributed by atoms with E-state index in [0.29, 0.717) is 17.6 Å². The van der Waals surface area contributed by atoms with Crippen LogP contribution in [-0.2, 0) is 4.74 Å². The predicted molar refractivity (Wildman–Crippen MR) is 76.1 cm³/mol. The maximum Gasteiger partial charge on any atom is 0.345 e. The highest BCUT2D eigenvalue weighted by Gasteiger charge is 2.26. The Kier molecular flexibility index (Phi) is 3.43. The van der Waals surface area contributed by atoms with Crippen LogP contribution >= 0.6 is 0 Å². The highest BCUT2D eigenvalue weighted by Crippen LogP contribution is 2.30. The third kappa shape index (κ3) is 2.64. The van der Waals surface area contributed by atoms with E-state index in [4.69, 9.17) is 10.5 Å². The van der Waals surface area contributed by atoms with Gasteiger partial charge in [-0.2, -0.15) is 4.68 Å². The van der Waals surface area contributed by atoms with E-state index in [-0.39, 0.29) is 11.4 Å². The standard InChI is InChI=1S/C13H16N6O2/c1-21-13(20)10-11(14)19(9-7-15-4-5-16-9)18-12(10)17-6-8-2-3-8/h4-5,7-8H,2-3,6,14H2,1H3,(H,17,18). The maximum atomic E-state index is 11.9. The van der Waals surface area contributed by atoms with E-state index in [1.165, 1.54) is 37.0 Å². The molecule has 0 aliphatic heterocycles. The van der Waals surface area contributed by atoms with Crippen molar-refractivity contribution in [3.8, 4) is 5.82 Å². The second-order valence-electron chi connectivity index (χ2n) is 4.90. The molecule has 8 nitrogen and oxygen atoms in total. The smallest absolute Gasteiger partial charge is 0.345 e. The van der Waals surface area contributed by atoms with Crippen LogP contribution in [0.3, 0.4) is 0 Å². The molecule has 21 heavy (non-hydrogen) atoms. The Bertz CT molecular complexity index is 650. The summed E-state index contributed by atoms with van der Waals surface area (Å²) in [5.74, 6) is 1.15. The van der Waals surface area contributed by atoms with E-state index in [1.807, 2.05) is 0 Å². The van der Waals surface area contributed by atoms with Gasteiger partial charge in [-0.25, -0.2) is 9.78 Å². The summed E-state index contributed by atoms with van der Waals surface area (Å²) >= 11 is 0. The number of nitrogens with two attached hydrogens (primary N) is 1. The van der Waals surface area contributed by atoms with Gasteiger partial charge >= 0.3 is 5.97 Å². The van der Waals surface area contributed by atoms with Crippen molar-refractivity contribution in [1.82, 2.24) is 19.7 Å². The molecule has 2 aromatic rings. The van der Waals surface area contributed by atoms with E-state index in [1.54, 1.807) is 6.20 Å². The van der Waals surface area contributed by atoms with Crippen LogP contribution in [0, 0.1) is 5.92 Å². The Labute approximate surface area is 121 Å². The van der Waals surface area contributed by atoms with Gasteiger partial charge in [0.05, 0.1) is 13.3 Å². The highest BCUT2D eigenvalue weighted by molar-refractivity contribution is 5.99. The van der Waals surface area contributed by atoms with E-state index < -0.39 is 5.97 Å². The van der Waals surface area contributed by atoms with Gasteiger partial charge in [0.1, 0.15) is 11.4 Å². The van der Waals surface area contributed by atoms with Crippen molar-refractivity contribution >= 4 is 17.6 Å². The number of carbonyl (C=O) groups is 1. The summed E-state index contributed by atoms with van der Waals surface area (Å²) in [4.78, 5) is 20.0. The zero-order valence-corrected chi connectivity index (χ0v) is 11.6. The number of nitrogens with zero attached hydrogens (tertiary/aromatic N) is 4. The molecule has 8 heteroatoms. The number of anilines is 2. The number of esters is 1. The van der Waals surface area contributed by atoms with Gasteiger partial charge < -0.3 is 15.8 Å². The molecule has 2 heterocycles. The molecule has 1 aliphatic rings. The van der Waals surface area contributed by atoms with Gasteiger partial charge in [-0.05, 0) is 18.8 Å². The van der Waals surface area contributed by atoms with Crippen LogP contribution in [0.25, 0.3) is 5.82 Å². The molecule has 0 saturated heterocycles. The van der Waals surface area contributed by atoms with Crippen LogP contribution in [0.4, 0.5) is 11.6 Å². The Morgan fingerprint density at radius 3 is 2.95 bits per heavy atom. The van der Waals surface area contributed by atoms with Gasteiger partial charge in [0.2, 0.25) is 0 Å². The minimum atomic E-state index is -0.527. The largest absolute Gasteiger partial charge is 0.465 e. The van der Waals surface area contributed by atoms with E-state index in [2.05, 4.69) is 20.4 Å². The molecule has 0 bridgehead atoms. The van der Waals surface area contributed by atoms with Crippen molar-refractivity contribution < 1.29 is 9.53 Å². The van der Waals surface area contributed by atoms with E-state index in [9.17, 15) is 4.79 Å². The Morgan fingerprint density at radius 2 is 2.33 bits per heavy atom. The average molecular weight is 288 g/mol. The summed E-state index contributed by atoms with van der Waals surface area (Å²) < 4.78 is 6.16. The van der Waals surface area contributed by atoms with Gasteiger partial charge in [0, 0.05) is 18.9 Å². The fourth-order valence-corrected chi connectivity index (χ4v) is 2.00. The first-order valence-corrected chi connectivity index (χ1v) is 6.67. The zero-order chi connectivity index (χ0) is 14.8. The summed E-state index contributed by atoms with van der Waals surface area (Å²) in [5, 5.41) is 7.49. The molecule has 0 aromatic carbocycles. The Balaban J connectivity index is 1.98. The number of hydrogen-bond acceptors (Lipinski definition) is 7. The Hall–Kier alpha value is -2.64. The lowest BCUT2D eigenvalue weighted by atomic mass is 10.3. The second-order valence-corrected chi connectivity index (χ2v) is 4.90. The number of nitrogens with one attached hydrogen (secondary N) is 1. The fraction of sp³-hybridized carbons (Fsp3) is 0.385. The lowest BCUT2D eigenvalue weighted by molar-refractivity contribution is 0.0603. The third-order valence-corrected chi connectivity index (χ3v) is 3.33. The molecule has 0 spiro atoms. The SMILES string of the molecule is COC(=O)c1c(NCC2CC2)nn(-c2cnccn2)c1N. The number of methoxy groups -OCH3 is 1. The third-order valence-electron chi connectivity index (χ3n) is 3.33. The number of nitrogen functional groups attached to an aromatic ring is 1. The number of carbonyl (C=O) groups excluding carboxylic acids is 1. The van der Waals surface area contributed by atoms with E-state index >= 15 is 0 Å².